The van der Waals surface area contributed by atoms with E-state index in [1.54, 1.807) is 18.7 Å². The van der Waals surface area contributed by atoms with Crippen molar-refractivity contribution in [2.75, 3.05) is 24.6 Å². The Morgan fingerprint density at radius 2 is 2.09 bits per heavy atom. The van der Waals surface area contributed by atoms with E-state index < -0.39 is 11.2 Å². The number of aromatic nitrogens is 4. The molecule has 0 saturated carbocycles. The number of hydrogen-bond acceptors (Lipinski definition) is 5. The van der Waals surface area contributed by atoms with Crippen LogP contribution < -0.4 is 16.1 Å². The lowest BCUT2D eigenvalue weighted by molar-refractivity contribution is 0.0522. The van der Waals surface area contributed by atoms with Gasteiger partial charge < -0.3 is 14.2 Å². The molecule has 1 aliphatic heterocycles. The zero-order valence-electron chi connectivity index (χ0n) is 13.1. The molecule has 8 heteroatoms. The molecule has 0 amide bonds. The summed E-state index contributed by atoms with van der Waals surface area (Å²) in [6.07, 6.45) is 2.23. The van der Waals surface area contributed by atoms with Crippen LogP contribution in [0.15, 0.2) is 9.59 Å². The molecule has 0 spiro atoms. The van der Waals surface area contributed by atoms with Crippen LogP contribution in [-0.2, 0) is 18.8 Å². The highest BCUT2D eigenvalue weighted by Crippen LogP contribution is 2.22. The van der Waals surface area contributed by atoms with Gasteiger partial charge in [-0.05, 0) is 19.8 Å². The van der Waals surface area contributed by atoms with Crippen molar-refractivity contribution >= 4 is 17.1 Å². The molecule has 120 valence electrons. The van der Waals surface area contributed by atoms with Gasteiger partial charge in [-0.2, -0.15) is 4.98 Å². The highest BCUT2D eigenvalue weighted by molar-refractivity contribution is 5.74. The van der Waals surface area contributed by atoms with Crippen molar-refractivity contribution in [2.45, 2.75) is 25.9 Å². The molecule has 3 heterocycles. The number of hydrogen-bond donors (Lipinski definition) is 1. The lowest BCUT2D eigenvalue weighted by Crippen LogP contribution is -2.41. The topological polar surface area (TPSA) is 85.2 Å². The molecule has 0 aliphatic carbocycles. The zero-order chi connectivity index (χ0) is 15.9. The average molecular weight is 307 g/mol. The maximum atomic E-state index is 12.1. The number of ether oxygens (including phenoxy) is 1. The molecule has 0 radical (unpaired) electrons. The fourth-order valence-electron chi connectivity index (χ4n) is 3.07. The summed E-state index contributed by atoms with van der Waals surface area (Å²) in [5, 5.41) is 0. The predicted molar refractivity (Wildman–Crippen MR) is 83.4 cm³/mol. The standard InChI is InChI=1S/C14H21N5O3/c1-4-22-9-6-5-7-19(8-9)13-15-11-10(17(13)2)12(20)16-14(21)18(11)3/h9H,4-8H2,1-3H3,(H,16,20,21). The van der Waals surface area contributed by atoms with Crippen molar-refractivity contribution in [1.82, 2.24) is 19.1 Å². The third kappa shape index (κ3) is 2.33. The Kier molecular flexibility index (Phi) is 3.78. The van der Waals surface area contributed by atoms with Gasteiger partial charge in [0.15, 0.2) is 11.2 Å². The minimum absolute atomic E-state index is 0.181. The quantitative estimate of drug-likeness (QED) is 0.860. The van der Waals surface area contributed by atoms with Gasteiger partial charge in [0.25, 0.3) is 5.56 Å². The Hall–Kier alpha value is -2.09. The van der Waals surface area contributed by atoms with Crippen LogP contribution in [0.4, 0.5) is 5.95 Å². The number of piperidine rings is 1. The molecule has 1 N–H and O–H groups in total. The largest absolute Gasteiger partial charge is 0.377 e. The number of nitrogens with zero attached hydrogens (tertiary/aromatic N) is 4. The van der Waals surface area contributed by atoms with Crippen molar-refractivity contribution in [1.29, 1.82) is 0 Å². The fraction of sp³-hybridized carbons (Fsp3) is 0.643. The molecular formula is C14H21N5O3. The van der Waals surface area contributed by atoms with Gasteiger partial charge >= 0.3 is 5.69 Å². The van der Waals surface area contributed by atoms with Crippen LogP contribution in [0.1, 0.15) is 19.8 Å². The zero-order valence-corrected chi connectivity index (χ0v) is 13.1. The Bertz CT molecular complexity index is 801. The van der Waals surface area contributed by atoms with Gasteiger partial charge in [-0.15, -0.1) is 0 Å². The minimum atomic E-state index is -0.451. The molecule has 2 aromatic rings. The summed E-state index contributed by atoms with van der Waals surface area (Å²) >= 11 is 0. The van der Waals surface area contributed by atoms with Crippen LogP contribution in [0.5, 0.6) is 0 Å². The van der Waals surface area contributed by atoms with Crippen LogP contribution in [0, 0.1) is 0 Å². The monoisotopic (exact) mass is 307 g/mol. The second-order valence-electron chi connectivity index (χ2n) is 5.63. The third-order valence-corrected chi connectivity index (χ3v) is 4.17. The summed E-state index contributed by atoms with van der Waals surface area (Å²) in [6, 6.07) is 0. The molecule has 8 nitrogen and oxygen atoms in total. The maximum absolute atomic E-state index is 12.1. The maximum Gasteiger partial charge on any atom is 0.329 e. The molecule has 1 aliphatic rings. The number of anilines is 1. The SMILES string of the molecule is CCOC1CCCN(c2nc3c(c(=O)[nH]c(=O)n3C)n2C)C1. The lowest BCUT2D eigenvalue weighted by Gasteiger charge is -2.33. The smallest absolute Gasteiger partial charge is 0.329 e. The normalized spacial score (nSPS) is 19.0. The van der Waals surface area contributed by atoms with E-state index >= 15 is 0 Å². The summed E-state index contributed by atoms with van der Waals surface area (Å²) in [4.78, 5) is 32.7. The number of aromatic amines is 1. The van der Waals surface area contributed by atoms with Gasteiger partial charge in [0.2, 0.25) is 5.95 Å². The first kappa shape index (κ1) is 14.8. The molecule has 0 aromatic carbocycles. The number of rotatable bonds is 3. The van der Waals surface area contributed by atoms with E-state index in [1.807, 2.05) is 6.92 Å². The number of nitrogens with one attached hydrogen (secondary N) is 1. The van der Waals surface area contributed by atoms with E-state index in [1.165, 1.54) is 4.57 Å². The molecule has 1 fully saturated rings. The van der Waals surface area contributed by atoms with Crippen molar-refractivity contribution < 1.29 is 4.74 Å². The van der Waals surface area contributed by atoms with E-state index in [4.69, 9.17) is 4.74 Å². The van der Waals surface area contributed by atoms with Gasteiger partial charge in [-0.25, -0.2) is 4.79 Å². The van der Waals surface area contributed by atoms with Crippen LogP contribution in [-0.4, -0.2) is 44.9 Å². The molecule has 1 unspecified atom stereocenters. The first-order chi connectivity index (χ1) is 10.5. The average Bonchev–Trinajstić information content (AvgIpc) is 2.84. The highest BCUT2D eigenvalue weighted by atomic mass is 16.5. The van der Waals surface area contributed by atoms with Gasteiger partial charge in [-0.3, -0.25) is 14.3 Å². The Balaban J connectivity index is 2.06. The van der Waals surface area contributed by atoms with E-state index in [9.17, 15) is 9.59 Å². The van der Waals surface area contributed by atoms with Crippen LogP contribution in [0.2, 0.25) is 0 Å². The number of aryl methyl sites for hydroxylation is 2. The first-order valence-electron chi connectivity index (χ1n) is 7.55. The van der Waals surface area contributed by atoms with Gasteiger partial charge in [-0.1, -0.05) is 0 Å². The summed E-state index contributed by atoms with van der Waals surface area (Å²) in [6.45, 7) is 4.29. The summed E-state index contributed by atoms with van der Waals surface area (Å²) < 4.78 is 8.83. The van der Waals surface area contributed by atoms with Gasteiger partial charge in [0.05, 0.1) is 6.10 Å². The van der Waals surface area contributed by atoms with Crippen LogP contribution in [0.25, 0.3) is 11.2 Å². The minimum Gasteiger partial charge on any atom is -0.377 e. The molecule has 1 saturated heterocycles. The summed E-state index contributed by atoms with van der Waals surface area (Å²) in [5.74, 6) is 0.700. The van der Waals surface area contributed by atoms with E-state index in [-0.39, 0.29) is 6.10 Å². The van der Waals surface area contributed by atoms with Crippen LogP contribution in [0.3, 0.4) is 0 Å². The van der Waals surface area contributed by atoms with Crippen molar-refractivity contribution in [3.63, 3.8) is 0 Å². The lowest BCUT2D eigenvalue weighted by atomic mass is 10.1. The number of fused-ring (bicyclic) bond motifs is 1. The van der Waals surface area contributed by atoms with Crippen LogP contribution >= 0.6 is 0 Å². The summed E-state index contributed by atoms with van der Waals surface area (Å²) in [7, 11) is 3.41. The first-order valence-corrected chi connectivity index (χ1v) is 7.55. The van der Waals surface area contributed by atoms with Crippen molar-refractivity contribution in [2.24, 2.45) is 14.1 Å². The fourth-order valence-corrected chi connectivity index (χ4v) is 3.07. The van der Waals surface area contributed by atoms with E-state index in [2.05, 4.69) is 14.9 Å². The van der Waals surface area contributed by atoms with Gasteiger partial charge in [0.1, 0.15) is 0 Å². The Morgan fingerprint density at radius 1 is 1.32 bits per heavy atom. The number of H-pyrrole nitrogens is 1. The molecule has 2 aromatic heterocycles. The van der Waals surface area contributed by atoms with Gasteiger partial charge in [0, 0.05) is 33.8 Å². The third-order valence-electron chi connectivity index (χ3n) is 4.17. The second kappa shape index (κ2) is 5.60. The molecule has 3 rings (SSSR count). The predicted octanol–water partition coefficient (Wildman–Crippen LogP) is -0.0344. The molecule has 1 atom stereocenters. The molecule has 22 heavy (non-hydrogen) atoms. The Labute approximate surface area is 127 Å². The highest BCUT2D eigenvalue weighted by Gasteiger charge is 2.25. The van der Waals surface area contributed by atoms with Crippen molar-refractivity contribution in [3.8, 4) is 0 Å². The number of imidazole rings is 1. The Morgan fingerprint density at radius 3 is 2.82 bits per heavy atom. The molecule has 0 bridgehead atoms. The van der Waals surface area contributed by atoms with E-state index in [0.29, 0.717) is 23.7 Å². The summed E-state index contributed by atoms with van der Waals surface area (Å²) in [5.41, 5.74) is -0.0360. The second-order valence-corrected chi connectivity index (χ2v) is 5.63. The molecular weight excluding hydrogens is 286 g/mol. The van der Waals surface area contributed by atoms with Crippen molar-refractivity contribution in [3.05, 3.63) is 20.8 Å². The van der Waals surface area contributed by atoms with E-state index in [0.717, 1.165) is 25.9 Å².